The average Bonchev–Trinajstić information content (AvgIpc) is 1.58. The maximum Gasteiger partial charge on any atom is 1.00 e. The van der Waals surface area contributed by atoms with Crippen molar-refractivity contribution in [2.75, 3.05) is 40.8 Å². The number of methoxy groups -OCH3 is 4. The third kappa shape index (κ3) is 38.4. The number of aryl methyl sites for hydroxylation is 2. The van der Waals surface area contributed by atoms with Crippen molar-refractivity contribution in [2.45, 2.75) is 27.7 Å². The first kappa shape index (κ1) is 132. The zero-order valence-corrected chi connectivity index (χ0v) is 104. The maximum absolute atomic E-state index is 14.2. The van der Waals surface area contributed by atoms with Gasteiger partial charge in [0.05, 0.1) is 38.3 Å². The van der Waals surface area contributed by atoms with E-state index in [1.54, 1.807) is 155 Å². The second kappa shape index (κ2) is 68.5. The number of ether oxygens (including phenoxy) is 4. The summed E-state index contributed by atoms with van der Waals surface area (Å²) in [5, 5.41) is 60.1. The molecule has 0 amide bonds. The van der Waals surface area contributed by atoms with E-state index in [0.29, 0.717) is 93.2 Å². The van der Waals surface area contributed by atoms with E-state index in [9.17, 15) is 45.3 Å². The molecule has 41 heteroatoms. The van der Waals surface area contributed by atoms with Crippen molar-refractivity contribution >= 4 is 256 Å². The minimum absolute atomic E-state index is 0. The summed E-state index contributed by atoms with van der Waals surface area (Å²) in [5.74, 6) is -0.848. The van der Waals surface area contributed by atoms with Gasteiger partial charge in [-0.05, 0) is 255 Å². The van der Waals surface area contributed by atoms with Crippen LogP contribution in [-0.4, -0.2) is 90.6 Å². The van der Waals surface area contributed by atoms with Gasteiger partial charge in [0, 0.05) is 124 Å². The van der Waals surface area contributed by atoms with Crippen molar-refractivity contribution in [1.82, 2.24) is 0 Å². The van der Waals surface area contributed by atoms with Crippen molar-refractivity contribution in [1.29, 1.82) is 0 Å². The third-order valence-corrected chi connectivity index (χ3v) is 23.9. The Morgan fingerprint density at radius 2 is 0.750 bits per heavy atom. The fourth-order valence-corrected chi connectivity index (χ4v) is 16.8. The van der Waals surface area contributed by atoms with Crippen molar-refractivity contribution in [2.24, 2.45) is 4.74 Å². The molecular weight excluding hydrogens is 2670 g/mol. The second-order valence-corrected chi connectivity index (χ2v) is 42.8. The molecule has 0 atom stereocenters. The average molecular weight is 2760 g/mol. The summed E-state index contributed by atoms with van der Waals surface area (Å²) in [6.07, 6.45) is 0. The first-order valence-corrected chi connectivity index (χ1v) is 51.7. The molecule has 2 aromatic heterocycles. The van der Waals surface area contributed by atoms with E-state index in [-0.39, 0.29) is 178 Å². The number of alkyl halides is 2. The number of furan rings is 2. The number of carbonyl (C=O) groups excluding carboxylic acids is 1. The summed E-state index contributed by atoms with van der Waals surface area (Å²) < 4.78 is 155. The van der Waals surface area contributed by atoms with Gasteiger partial charge in [-0.1, -0.05) is 209 Å². The zero-order valence-electron chi connectivity index (χ0n) is 81.3. The number of fused-ring (bicyclic) bond motifs is 7. The maximum atomic E-state index is 14.2. The Hall–Kier alpha value is -6.81. The monoisotopic (exact) mass is 2750 g/mol. The molecule has 5 N–H and O–H groups in total. The number of halogens is 19. The Labute approximate surface area is 1030 Å². The molecule has 16 nitrogen and oxygen atoms in total. The molecule has 1 radical (unpaired) electrons. The summed E-state index contributed by atoms with van der Waals surface area (Å²) in [7, 11) is 9.76. The number of para-hydroxylation sites is 3. The summed E-state index contributed by atoms with van der Waals surface area (Å²) in [6.45, 7) is 7.24. The standard InChI is InChI=1S/C20H15BrF2O.C18H11BrF2O2.C18H9BrO2.C14H13BFO3.C14H13FO.C8H11BO3.C6H3BrFI.C6H4BrF.CH2Cl2.CH4NP.CH2O3.BBr3.2K.H2.H/c1-12-14(17-11-13(21)7-10-19(17)23)8-9-16(20(12)24-2)15-5-3-4-6-18(15)22;19-10-5-8-16(21)14(9-10)13-7-6-12(17(22)18(13)23)11-3-1-2-4-15(11)20;19-10-5-8-16-14(9-10)13-7-6-12-11-3-1-2-4-15(11)20-17(12)18(13)21-16;1-9-13(19-15-17)8-7-11(14(9)18-2)10-5-3-4-6-12(10)16;1-10-6-5-8-12(14(10)16-2)11-7-3-4-9-13(11)15;1-6-4-3-5-7(9(10)11)8(6)12-2;7-4-1-2-5(8)6(9)3-4;7-5-3-1-2-4-6(5)8;2-1-3;1-2-3;2-1-4-3;2-1(3)4;;;;/h3-11H,1-2H3;1-9,22-23H;1-9H;3-8,17H,1-2H3;3-9H,1-2H3;3-5,10-11H,1-2H3;1-3H;1-4H;1H2;3H,1H3;1,3H;;;;1H;/q;;;;;;;;;;;;2*+1;;-1/p-1/i;;;;;;;;;;;;;;1+1;. The van der Waals surface area contributed by atoms with Gasteiger partial charge in [-0.3, -0.25) is 9.54 Å². The Kier molecular flexibility index (Phi) is 60.9. The first-order valence-electron chi connectivity index (χ1n) is 42.4. The molecule has 0 aliphatic heterocycles. The Morgan fingerprint density at radius 1 is 0.419 bits per heavy atom. The predicted octanol–water partition coefficient (Wildman–Crippen LogP) is 27.4. The van der Waals surface area contributed by atoms with Gasteiger partial charge in [-0.25, -0.2) is 35.1 Å². The third-order valence-electron chi connectivity index (χ3n) is 20.4. The number of phenolic OH excluding ortho intramolecular Hbond substituents is 2. The number of benzene rings is 16. The minimum atomic E-state index is -1.47. The Balaban J connectivity index is 0.000000438. The van der Waals surface area contributed by atoms with Gasteiger partial charge in [-0.2, -0.15) is 0 Å². The molecule has 0 saturated carbocycles. The van der Waals surface area contributed by atoms with Gasteiger partial charge < -0.3 is 69.3 Å². The van der Waals surface area contributed by atoms with Crippen LogP contribution in [0.4, 0.5) is 35.1 Å². The molecule has 0 aliphatic rings. The number of carbonyl (C=O) groups is 1. The quantitative estimate of drug-likeness (QED) is 0.00651. The number of aromatic hydroxyl groups is 2. The fraction of sp³-hybridized carbons (Fsp3) is 0.0935. The molecule has 0 saturated heterocycles. The van der Waals surface area contributed by atoms with Crippen LogP contribution in [0.15, 0.2) is 339 Å². The Bertz CT molecular complexity index is 7400. The Morgan fingerprint density at radius 3 is 1.16 bits per heavy atom. The van der Waals surface area contributed by atoms with E-state index < -0.39 is 30.3 Å². The van der Waals surface area contributed by atoms with E-state index in [2.05, 4.69) is 170 Å². The summed E-state index contributed by atoms with van der Waals surface area (Å²) >= 11 is 37.1. The molecule has 761 valence electrons. The molecule has 0 spiro atoms. The molecule has 18 aromatic rings. The molecular formula is C107H89B3Br8Cl2F8IK2NO15P. The first-order chi connectivity index (χ1) is 69.9. The van der Waals surface area contributed by atoms with E-state index in [4.69, 9.17) is 80.8 Å². The van der Waals surface area contributed by atoms with E-state index in [1.807, 2.05) is 104 Å². The summed E-state index contributed by atoms with van der Waals surface area (Å²) in [6, 6.07) is 85.1. The summed E-state index contributed by atoms with van der Waals surface area (Å²) in [4.78, 5) is 11.2. The molecule has 0 unspecified atom stereocenters. The van der Waals surface area contributed by atoms with E-state index >= 15 is 0 Å². The van der Waals surface area contributed by atoms with Gasteiger partial charge in [0.2, 0.25) is 0 Å². The zero-order chi connectivity index (χ0) is 108. The van der Waals surface area contributed by atoms with Crippen LogP contribution < -0.4 is 137 Å². The topological polar surface area (TPSA) is 235 Å². The smallest absolute Gasteiger partial charge is 1.00 e. The minimum Gasteiger partial charge on any atom is -1.00 e. The van der Waals surface area contributed by atoms with Crippen LogP contribution in [0.5, 0.6) is 40.2 Å². The van der Waals surface area contributed by atoms with Crippen LogP contribution in [-0.2, 0) is 9.68 Å². The largest absolute Gasteiger partial charge is 1.00 e. The SMILES string of the molecule is BrB(Br)Br.Brc1ccc2oc3c(ccc4c5ccccc5oc43)c2c1.CN=P.COc1c(-c2ccccc2F)ccc(-c2cc(Br)ccc2F)c1C.COc1c(-c2ccccc2F)ccc(O[B]O)c1C.COc1c(C)cccc1-c1ccccc1F.COc1c(C)cccc1B(O)O.ClCCl.Fc1ccc(Br)cc1I.Fc1ccccc1Br.O=CO[O-].Oc1c(-c2ccccc2F)ccc(-c2cc(Br)ccc2F)c1O.[2HH].[H-].[K+].[K+]. The number of hydrogen-bond donors (Lipinski definition) is 5. The second-order valence-electron chi connectivity index (χ2n) is 29.5. The molecule has 0 aliphatic carbocycles. The van der Waals surface area contributed by atoms with Crippen LogP contribution in [0.25, 0.3) is 111 Å². The fourth-order valence-electron chi connectivity index (χ4n) is 14.1. The molecule has 0 fully saturated rings. The van der Waals surface area contributed by atoms with Crippen molar-refractivity contribution in [3.8, 4) is 107 Å². The number of nitrogens with zero attached hydrogens (tertiary/aromatic N) is 1. The predicted molar refractivity (Wildman–Crippen MR) is 613 cm³/mol. The van der Waals surface area contributed by atoms with Crippen LogP contribution in [0.3, 0.4) is 0 Å². The molecule has 18 rings (SSSR count). The molecule has 148 heavy (non-hydrogen) atoms. The number of rotatable bonds is 14. The number of hydrogen-bond acceptors (Lipinski definition) is 16. The molecule has 0 bridgehead atoms. The van der Waals surface area contributed by atoms with Gasteiger partial charge in [-0.15, -0.1) is 70.5 Å². The van der Waals surface area contributed by atoms with Crippen molar-refractivity contribution in [3.63, 3.8) is 0 Å². The van der Waals surface area contributed by atoms with Gasteiger partial charge in [0.25, 0.3) is 6.47 Å². The van der Waals surface area contributed by atoms with Crippen LogP contribution in [0.2, 0.25) is 0 Å². The van der Waals surface area contributed by atoms with E-state index in [1.165, 1.54) is 106 Å². The van der Waals surface area contributed by atoms with E-state index in [0.717, 1.165) is 85.3 Å². The van der Waals surface area contributed by atoms with Crippen LogP contribution in [0.1, 0.15) is 25.1 Å². The van der Waals surface area contributed by atoms with Gasteiger partial charge in [0.15, 0.2) is 22.7 Å². The molecule has 16 aromatic carbocycles. The number of phenols is 2. The van der Waals surface area contributed by atoms with Crippen molar-refractivity contribution in [3.05, 3.63) is 398 Å². The van der Waals surface area contributed by atoms with Crippen LogP contribution >= 0.6 is 182 Å². The van der Waals surface area contributed by atoms with Crippen molar-refractivity contribution < 1.29 is 213 Å². The van der Waals surface area contributed by atoms with Gasteiger partial charge >= 0.3 is 121 Å². The van der Waals surface area contributed by atoms with Crippen LogP contribution in [0, 0.1) is 77.8 Å². The van der Waals surface area contributed by atoms with Gasteiger partial charge in [0.1, 0.15) is 86.5 Å². The summed E-state index contributed by atoms with van der Waals surface area (Å²) in [5.41, 5.74) is 12.5. The molecule has 2 heterocycles. The normalized spacial score (nSPS) is 9.92.